The van der Waals surface area contributed by atoms with Crippen molar-refractivity contribution in [2.45, 2.75) is 5.92 Å². The fourth-order valence-corrected chi connectivity index (χ4v) is 2.70. The minimum atomic E-state index is -0.924. The van der Waals surface area contributed by atoms with Crippen molar-refractivity contribution in [1.82, 2.24) is 4.98 Å². The van der Waals surface area contributed by atoms with Gasteiger partial charge in [-0.25, -0.2) is 4.98 Å². The summed E-state index contributed by atoms with van der Waals surface area (Å²) >= 11 is 3.22. The molecule has 0 radical (unpaired) electrons. The van der Waals surface area contributed by atoms with Gasteiger partial charge in [-0.2, -0.15) is 0 Å². The van der Waals surface area contributed by atoms with E-state index in [1.807, 2.05) is 0 Å². The molecule has 0 aliphatic carbocycles. The minimum absolute atomic E-state index is 0.142. The highest BCUT2D eigenvalue weighted by Crippen LogP contribution is 2.37. The number of amides is 1. The van der Waals surface area contributed by atoms with Gasteiger partial charge in [-0.3, -0.25) is 9.59 Å². The molecule has 1 atom stereocenters. The van der Waals surface area contributed by atoms with Crippen LogP contribution in [0.4, 0.5) is 5.69 Å². The monoisotopic (exact) mass is 346 g/mol. The van der Waals surface area contributed by atoms with Crippen molar-refractivity contribution in [3.05, 3.63) is 58.3 Å². The molecule has 1 N–H and O–H groups in total. The van der Waals surface area contributed by atoms with Crippen LogP contribution in [0.25, 0.3) is 0 Å². The summed E-state index contributed by atoms with van der Waals surface area (Å²) in [7, 11) is 0. The number of carboxylic acid groups (broad SMARTS) is 1. The number of aromatic nitrogens is 1. The van der Waals surface area contributed by atoms with Gasteiger partial charge >= 0.3 is 5.97 Å². The molecule has 106 valence electrons. The first kappa shape index (κ1) is 13.8. The highest BCUT2D eigenvalue weighted by atomic mass is 79.9. The number of nitrogens with zero attached hydrogens (tertiary/aromatic N) is 2. The van der Waals surface area contributed by atoms with Crippen molar-refractivity contribution in [3.63, 3.8) is 0 Å². The molecular formula is C15H11BrN2O3. The molecule has 0 fully saturated rings. The Labute approximate surface area is 129 Å². The zero-order valence-electron chi connectivity index (χ0n) is 10.9. The number of fused-ring (bicyclic) bond motifs is 1. The number of pyridine rings is 1. The zero-order chi connectivity index (χ0) is 15.0. The summed E-state index contributed by atoms with van der Waals surface area (Å²) in [5.74, 6) is -1.86. The molecule has 0 bridgehead atoms. The number of para-hydroxylation sites is 1. The maximum Gasteiger partial charge on any atom is 0.312 e. The van der Waals surface area contributed by atoms with Gasteiger partial charge in [-0.05, 0) is 39.7 Å². The highest BCUT2D eigenvalue weighted by Gasteiger charge is 2.36. The first-order valence-corrected chi connectivity index (χ1v) is 7.12. The molecule has 1 aromatic carbocycles. The molecule has 2 heterocycles. The molecule has 6 heteroatoms. The van der Waals surface area contributed by atoms with Crippen molar-refractivity contribution in [2.75, 3.05) is 11.4 Å². The van der Waals surface area contributed by atoms with Crippen LogP contribution in [0.5, 0.6) is 0 Å². The SMILES string of the molecule is O=C(O)C1CN(C(=O)c2ccc(Br)nc2)c2ccccc21. The molecule has 5 nitrogen and oxygen atoms in total. The molecule has 0 spiro atoms. The Bertz CT molecular complexity index is 715. The van der Waals surface area contributed by atoms with E-state index in [0.717, 1.165) is 0 Å². The molecule has 0 saturated heterocycles. The van der Waals surface area contributed by atoms with E-state index in [-0.39, 0.29) is 12.5 Å². The van der Waals surface area contributed by atoms with Crippen LogP contribution in [0.1, 0.15) is 21.8 Å². The molecule has 0 saturated carbocycles. The molecule has 1 amide bonds. The Balaban J connectivity index is 1.98. The molecule has 1 unspecified atom stereocenters. The number of benzene rings is 1. The first-order valence-electron chi connectivity index (χ1n) is 6.33. The van der Waals surface area contributed by atoms with Crippen molar-refractivity contribution in [1.29, 1.82) is 0 Å². The Morgan fingerprint density at radius 2 is 2.00 bits per heavy atom. The lowest BCUT2D eigenvalue weighted by Crippen LogP contribution is -2.31. The molecule has 1 aromatic heterocycles. The Morgan fingerprint density at radius 1 is 1.24 bits per heavy atom. The average Bonchev–Trinajstić information content (AvgIpc) is 2.87. The summed E-state index contributed by atoms with van der Waals surface area (Å²) in [6.45, 7) is 0.142. The number of carbonyl (C=O) groups excluding carboxylic acids is 1. The summed E-state index contributed by atoms with van der Waals surface area (Å²) in [4.78, 5) is 29.5. The van der Waals surface area contributed by atoms with Gasteiger partial charge in [0.2, 0.25) is 0 Å². The van der Waals surface area contributed by atoms with Crippen LogP contribution in [-0.4, -0.2) is 28.5 Å². The lowest BCUT2D eigenvalue weighted by atomic mass is 10.0. The van der Waals surface area contributed by atoms with E-state index in [1.54, 1.807) is 36.4 Å². The molecule has 1 aliphatic rings. The topological polar surface area (TPSA) is 70.5 Å². The van der Waals surface area contributed by atoms with Gasteiger partial charge in [0.15, 0.2) is 0 Å². The van der Waals surface area contributed by atoms with Gasteiger partial charge < -0.3 is 10.0 Å². The van der Waals surface area contributed by atoms with Crippen molar-refractivity contribution in [3.8, 4) is 0 Å². The van der Waals surface area contributed by atoms with E-state index in [2.05, 4.69) is 20.9 Å². The Morgan fingerprint density at radius 3 is 2.67 bits per heavy atom. The highest BCUT2D eigenvalue weighted by molar-refractivity contribution is 9.10. The van der Waals surface area contributed by atoms with Crippen LogP contribution in [-0.2, 0) is 4.79 Å². The largest absolute Gasteiger partial charge is 0.481 e. The number of carbonyl (C=O) groups is 2. The standard InChI is InChI=1S/C15H11BrN2O3/c16-13-6-5-9(7-17-13)14(19)18-8-11(15(20)21)10-3-1-2-4-12(10)18/h1-7,11H,8H2,(H,20,21). The maximum atomic E-state index is 12.6. The predicted octanol–water partition coefficient (Wildman–Crippen LogP) is 2.67. The van der Waals surface area contributed by atoms with Crippen LogP contribution in [0.3, 0.4) is 0 Å². The van der Waals surface area contributed by atoms with E-state index in [1.165, 1.54) is 11.1 Å². The summed E-state index contributed by atoms with van der Waals surface area (Å²) in [6.07, 6.45) is 1.48. The lowest BCUT2D eigenvalue weighted by molar-refractivity contribution is -0.138. The summed E-state index contributed by atoms with van der Waals surface area (Å²) in [5, 5.41) is 9.31. The second kappa shape index (κ2) is 5.29. The van der Waals surface area contributed by atoms with E-state index in [9.17, 15) is 14.7 Å². The number of anilines is 1. The number of carboxylic acids is 1. The minimum Gasteiger partial charge on any atom is -0.481 e. The Kier molecular flexibility index (Phi) is 3.47. The fraction of sp³-hybridized carbons (Fsp3) is 0.133. The third-order valence-electron chi connectivity index (χ3n) is 3.49. The Hall–Kier alpha value is -2.21. The summed E-state index contributed by atoms with van der Waals surface area (Å²) < 4.78 is 0.643. The first-order chi connectivity index (χ1) is 10.1. The van der Waals surface area contributed by atoms with E-state index in [4.69, 9.17) is 0 Å². The molecule has 21 heavy (non-hydrogen) atoms. The molecule has 2 aromatic rings. The summed E-state index contributed by atoms with van der Waals surface area (Å²) in [5.41, 5.74) is 1.75. The zero-order valence-corrected chi connectivity index (χ0v) is 12.4. The van der Waals surface area contributed by atoms with Crippen molar-refractivity contribution < 1.29 is 14.7 Å². The van der Waals surface area contributed by atoms with Crippen molar-refractivity contribution in [2.24, 2.45) is 0 Å². The van der Waals surface area contributed by atoms with E-state index >= 15 is 0 Å². The van der Waals surface area contributed by atoms with E-state index in [0.29, 0.717) is 21.4 Å². The number of rotatable bonds is 2. The number of hydrogen-bond acceptors (Lipinski definition) is 3. The molecule has 1 aliphatic heterocycles. The third-order valence-corrected chi connectivity index (χ3v) is 3.95. The van der Waals surface area contributed by atoms with Gasteiger partial charge in [-0.15, -0.1) is 0 Å². The second-order valence-corrected chi connectivity index (χ2v) is 5.55. The average molecular weight is 347 g/mol. The van der Waals surface area contributed by atoms with Gasteiger partial charge in [0.25, 0.3) is 5.91 Å². The molecule has 3 rings (SSSR count). The third kappa shape index (κ3) is 2.42. The van der Waals surface area contributed by atoms with E-state index < -0.39 is 11.9 Å². The van der Waals surface area contributed by atoms with Gasteiger partial charge in [0.1, 0.15) is 10.5 Å². The smallest absolute Gasteiger partial charge is 0.312 e. The van der Waals surface area contributed by atoms with Crippen LogP contribution in [0.15, 0.2) is 47.2 Å². The van der Waals surface area contributed by atoms with Crippen LogP contribution >= 0.6 is 15.9 Å². The second-order valence-electron chi connectivity index (χ2n) is 4.73. The van der Waals surface area contributed by atoms with Crippen LogP contribution in [0.2, 0.25) is 0 Å². The van der Waals surface area contributed by atoms with Crippen LogP contribution < -0.4 is 4.90 Å². The molecular weight excluding hydrogens is 336 g/mol. The van der Waals surface area contributed by atoms with Crippen LogP contribution in [0, 0.1) is 0 Å². The lowest BCUT2D eigenvalue weighted by Gasteiger charge is -2.17. The van der Waals surface area contributed by atoms with Gasteiger partial charge in [0.05, 0.1) is 5.56 Å². The maximum absolute atomic E-state index is 12.6. The normalized spacial score (nSPS) is 16.6. The number of hydrogen-bond donors (Lipinski definition) is 1. The van der Waals surface area contributed by atoms with Gasteiger partial charge in [0, 0.05) is 18.4 Å². The predicted molar refractivity (Wildman–Crippen MR) is 80.4 cm³/mol. The quantitative estimate of drug-likeness (QED) is 0.848. The van der Waals surface area contributed by atoms with Gasteiger partial charge in [-0.1, -0.05) is 18.2 Å². The number of aliphatic carboxylic acids is 1. The fourth-order valence-electron chi connectivity index (χ4n) is 2.47. The van der Waals surface area contributed by atoms with Crippen molar-refractivity contribution >= 4 is 33.5 Å². The summed E-state index contributed by atoms with van der Waals surface area (Å²) in [6, 6.07) is 10.4. The number of halogens is 1.